The molecular weight excluding hydrogens is 382 g/mol. The van der Waals surface area contributed by atoms with Crippen molar-refractivity contribution in [3.8, 4) is 0 Å². The van der Waals surface area contributed by atoms with E-state index in [9.17, 15) is 14.4 Å². The van der Waals surface area contributed by atoms with Crippen molar-refractivity contribution in [2.24, 2.45) is 5.92 Å². The summed E-state index contributed by atoms with van der Waals surface area (Å²) in [6.45, 7) is -0.0403. The Hall–Kier alpha value is -3.16. The molecule has 2 aliphatic rings. The lowest BCUT2D eigenvalue weighted by molar-refractivity contribution is -0.124. The topological polar surface area (TPSA) is 107 Å². The molecule has 8 heteroatoms. The number of hydrogen-bond donors (Lipinski definition) is 3. The van der Waals surface area contributed by atoms with E-state index in [1.165, 1.54) is 37.0 Å². The van der Waals surface area contributed by atoms with Crippen molar-refractivity contribution in [2.75, 3.05) is 22.1 Å². The Morgan fingerprint density at radius 1 is 1.13 bits per heavy atom. The number of fused-ring (bicyclic) bond motifs is 1. The molecule has 158 valence electrons. The highest BCUT2D eigenvalue weighted by Crippen LogP contribution is 2.29. The van der Waals surface area contributed by atoms with Crippen LogP contribution >= 0.6 is 0 Å². The average Bonchev–Trinajstić information content (AvgIpc) is 3.18. The number of hydrogen-bond acceptors (Lipinski definition) is 4. The molecule has 0 radical (unpaired) electrons. The molecule has 3 N–H and O–H groups in total. The minimum atomic E-state index is -0.270. The van der Waals surface area contributed by atoms with Crippen molar-refractivity contribution in [3.05, 3.63) is 36.0 Å². The summed E-state index contributed by atoms with van der Waals surface area (Å²) >= 11 is 0. The van der Waals surface area contributed by atoms with Gasteiger partial charge in [-0.15, -0.1) is 0 Å². The van der Waals surface area contributed by atoms with Gasteiger partial charge in [0.05, 0.1) is 11.4 Å². The summed E-state index contributed by atoms with van der Waals surface area (Å²) in [6.07, 6.45) is 7.42. The van der Waals surface area contributed by atoms with Gasteiger partial charge in [0.15, 0.2) is 5.82 Å². The Morgan fingerprint density at radius 3 is 2.77 bits per heavy atom. The molecule has 4 rings (SSSR count). The number of carbonyl (C=O) groups is 3. The Labute approximate surface area is 175 Å². The Bertz CT molecular complexity index is 932. The highest BCUT2D eigenvalue weighted by molar-refractivity contribution is 6.10. The van der Waals surface area contributed by atoms with Crippen molar-refractivity contribution in [1.29, 1.82) is 0 Å². The Morgan fingerprint density at radius 2 is 1.93 bits per heavy atom. The maximum absolute atomic E-state index is 12.6. The zero-order valence-electron chi connectivity index (χ0n) is 16.9. The summed E-state index contributed by atoms with van der Waals surface area (Å²) in [7, 11) is 0. The summed E-state index contributed by atoms with van der Waals surface area (Å²) in [5, 5.41) is 12.7. The number of aromatic amines is 1. The van der Waals surface area contributed by atoms with Gasteiger partial charge in [-0.1, -0.05) is 44.2 Å². The van der Waals surface area contributed by atoms with Gasteiger partial charge in [0.2, 0.25) is 17.7 Å². The third-order valence-electron chi connectivity index (χ3n) is 5.77. The number of nitrogens with one attached hydrogen (secondary N) is 3. The van der Waals surface area contributed by atoms with E-state index in [1.54, 1.807) is 18.2 Å². The number of aromatic nitrogens is 2. The van der Waals surface area contributed by atoms with E-state index in [0.717, 1.165) is 12.1 Å². The van der Waals surface area contributed by atoms with E-state index in [1.807, 2.05) is 12.1 Å². The molecule has 0 spiro atoms. The van der Waals surface area contributed by atoms with E-state index < -0.39 is 0 Å². The molecule has 0 unspecified atom stereocenters. The molecule has 1 aliphatic heterocycles. The van der Waals surface area contributed by atoms with Gasteiger partial charge in [0, 0.05) is 24.6 Å². The number of H-pyrrole nitrogens is 1. The van der Waals surface area contributed by atoms with Crippen LogP contribution in [-0.2, 0) is 20.8 Å². The minimum absolute atomic E-state index is 0.0206. The predicted molar refractivity (Wildman–Crippen MR) is 114 cm³/mol. The summed E-state index contributed by atoms with van der Waals surface area (Å²) in [5.74, 6) is 0.403. The molecule has 1 aromatic carbocycles. The van der Waals surface area contributed by atoms with Crippen LogP contribution in [0.1, 0.15) is 50.6 Å². The molecule has 0 atom stereocenters. The second-order valence-corrected chi connectivity index (χ2v) is 8.08. The van der Waals surface area contributed by atoms with E-state index in [4.69, 9.17) is 0 Å². The maximum Gasteiger partial charge on any atom is 0.244 e. The van der Waals surface area contributed by atoms with E-state index >= 15 is 0 Å². The number of anilines is 3. The van der Waals surface area contributed by atoms with Crippen LogP contribution in [0.5, 0.6) is 0 Å². The highest BCUT2D eigenvalue weighted by atomic mass is 16.2. The van der Waals surface area contributed by atoms with Crippen LogP contribution < -0.4 is 15.5 Å². The summed E-state index contributed by atoms with van der Waals surface area (Å²) < 4.78 is 0. The van der Waals surface area contributed by atoms with Crippen molar-refractivity contribution in [3.63, 3.8) is 0 Å². The Balaban J connectivity index is 1.28. The smallest absolute Gasteiger partial charge is 0.244 e. The SMILES string of the molecule is O=C(CCC(=O)N1CC(=O)Nc2ccccc21)Nc1cc(CC2CCCCC2)[nH]n1. The first-order chi connectivity index (χ1) is 14.6. The first kappa shape index (κ1) is 20.1. The molecule has 1 saturated carbocycles. The van der Waals surface area contributed by atoms with Gasteiger partial charge >= 0.3 is 0 Å². The molecule has 30 heavy (non-hydrogen) atoms. The first-order valence-corrected chi connectivity index (χ1v) is 10.6. The van der Waals surface area contributed by atoms with Gasteiger partial charge < -0.3 is 15.5 Å². The molecule has 1 aromatic heterocycles. The van der Waals surface area contributed by atoms with Crippen LogP contribution in [-0.4, -0.2) is 34.5 Å². The van der Waals surface area contributed by atoms with E-state index in [-0.39, 0.29) is 37.1 Å². The van der Waals surface area contributed by atoms with Crippen molar-refractivity contribution < 1.29 is 14.4 Å². The quantitative estimate of drug-likeness (QED) is 0.681. The fourth-order valence-corrected chi connectivity index (χ4v) is 4.25. The molecule has 3 amide bonds. The van der Waals surface area contributed by atoms with Gasteiger partial charge in [0.25, 0.3) is 0 Å². The molecule has 2 aromatic rings. The number of nitrogens with zero attached hydrogens (tertiary/aromatic N) is 2. The minimum Gasteiger partial charge on any atom is -0.323 e. The Kier molecular flexibility index (Phi) is 6.11. The lowest BCUT2D eigenvalue weighted by Gasteiger charge is -2.29. The van der Waals surface area contributed by atoms with Gasteiger partial charge in [-0.3, -0.25) is 19.5 Å². The van der Waals surface area contributed by atoms with Crippen LogP contribution in [0.4, 0.5) is 17.2 Å². The number of para-hydroxylation sites is 2. The summed E-state index contributed by atoms with van der Waals surface area (Å²) in [4.78, 5) is 38.2. The van der Waals surface area contributed by atoms with Crippen molar-refractivity contribution in [2.45, 2.75) is 51.4 Å². The van der Waals surface area contributed by atoms with Crippen molar-refractivity contribution in [1.82, 2.24) is 10.2 Å². The fourth-order valence-electron chi connectivity index (χ4n) is 4.25. The monoisotopic (exact) mass is 409 g/mol. The molecule has 1 aliphatic carbocycles. The molecule has 0 bridgehead atoms. The van der Waals surface area contributed by atoms with E-state index in [0.29, 0.717) is 23.1 Å². The van der Waals surface area contributed by atoms with Crippen LogP contribution in [0.3, 0.4) is 0 Å². The fraction of sp³-hybridized carbons (Fsp3) is 0.455. The first-order valence-electron chi connectivity index (χ1n) is 10.6. The second kappa shape index (κ2) is 9.11. The van der Waals surface area contributed by atoms with Gasteiger partial charge in [-0.2, -0.15) is 5.10 Å². The lowest BCUT2D eigenvalue weighted by Crippen LogP contribution is -2.42. The zero-order valence-corrected chi connectivity index (χ0v) is 16.9. The second-order valence-electron chi connectivity index (χ2n) is 8.08. The summed E-state index contributed by atoms with van der Waals surface area (Å²) in [6, 6.07) is 9.02. The molecular formula is C22H27N5O3. The van der Waals surface area contributed by atoms with Gasteiger partial charge in [-0.05, 0) is 24.5 Å². The number of rotatable bonds is 6. The lowest BCUT2D eigenvalue weighted by atomic mass is 9.86. The van der Waals surface area contributed by atoms with Crippen molar-refractivity contribution >= 4 is 34.9 Å². The van der Waals surface area contributed by atoms with Crippen LogP contribution in [0, 0.1) is 5.92 Å². The standard InChI is InChI=1S/C22H27N5O3/c28-20(24-19-13-16(25-26-19)12-15-6-2-1-3-7-15)10-11-22(30)27-14-21(29)23-17-8-4-5-9-18(17)27/h4-5,8-9,13,15H,1-3,6-7,10-12,14H2,(H,23,29)(H2,24,25,26,28). The normalized spacial score (nSPS) is 16.7. The average molecular weight is 409 g/mol. The molecule has 8 nitrogen and oxygen atoms in total. The van der Waals surface area contributed by atoms with E-state index in [2.05, 4.69) is 20.8 Å². The molecule has 1 fully saturated rings. The third-order valence-corrected chi connectivity index (χ3v) is 5.77. The van der Waals surface area contributed by atoms with Crippen LogP contribution in [0.25, 0.3) is 0 Å². The number of carbonyl (C=O) groups excluding carboxylic acids is 3. The van der Waals surface area contributed by atoms with Gasteiger partial charge in [-0.25, -0.2) is 0 Å². The van der Waals surface area contributed by atoms with Gasteiger partial charge in [0.1, 0.15) is 6.54 Å². The number of benzene rings is 1. The third kappa shape index (κ3) is 4.87. The van der Waals surface area contributed by atoms with Crippen LogP contribution in [0.2, 0.25) is 0 Å². The zero-order chi connectivity index (χ0) is 20.9. The maximum atomic E-state index is 12.6. The predicted octanol–water partition coefficient (Wildman–Crippen LogP) is 3.24. The largest absolute Gasteiger partial charge is 0.323 e. The number of amides is 3. The highest BCUT2D eigenvalue weighted by Gasteiger charge is 2.26. The summed E-state index contributed by atoms with van der Waals surface area (Å²) in [5.41, 5.74) is 2.29. The molecule has 2 heterocycles. The van der Waals surface area contributed by atoms with Crippen LogP contribution in [0.15, 0.2) is 30.3 Å². The molecule has 0 saturated heterocycles.